The minimum Gasteiger partial charge on any atom is -0.395 e. The van der Waals surface area contributed by atoms with E-state index >= 15 is 0 Å². The molecule has 0 fully saturated rings. The van der Waals surface area contributed by atoms with E-state index in [9.17, 15) is 19.7 Å². The van der Waals surface area contributed by atoms with Crippen LogP contribution in [-0.4, -0.2) is 22.0 Å². The predicted octanol–water partition coefficient (Wildman–Crippen LogP) is 1.67. The highest BCUT2D eigenvalue weighted by atomic mass is 16.7. The number of carbonyl (C=O) groups excluding carboxylic acids is 2. The molecule has 112 valence electrons. The van der Waals surface area contributed by atoms with Gasteiger partial charge >= 0.3 is 6.16 Å². The molecular weight excluding hydrogens is 294 g/mol. The maximum atomic E-state index is 11.6. The molecular formula is C13H9N3O6. The van der Waals surface area contributed by atoms with Gasteiger partial charge in [-0.25, -0.2) is 4.79 Å². The van der Waals surface area contributed by atoms with Crippen molar-refractivity contribution in [3.63, 3.8) is 0 Å². The van der Waals surface area contributed by atoms with Crippen LogP contribution in [0, 0.1) is 10.1 Å². The van der Waals surface area contributed by atoms with Gasteiger partial charge in [-0.2, -0.15) is 0 Å². The first kappa shape index (κ1) is 14.9. The fourth-order valence-electron chi connectivity index (χ4n) is 1.46. The van der Waals surface area contributed by atoms with Crippen molar-refractivity contribution in [3.05, 3.63) is 58.4 Å². The Morgan fingerprint density at radius 2 is 1.73 bits per heavy atom. The summed E-state index contributed by atoms with van der Waals surface area (Å²) >= 11 is 0. The Kier molecular flexibility index (Phi) is 4.27. The number of nitrogens with zero attached hydrogens (tertiary/aromatic N) is 2. The Morgan fingerprint density at radius 3 is 2.32 bits per heavy atom. The molecule has 22 heavy (non-hydrogen) atoms. The van der Waals surface area contributed by atoms with Gasteiger partial charge in [-0.3, -0.25) is 19.9 Å². The molecule has 0 saturated heterocycles. The van der Waals surface area contributed by atoms with Gasteiger partial charge in [0.1, 0.15) is 5.75 Å². The molecule has 2 rings (SSSR count). The Hall–Kier alpha value is -3.49. The van der Waals surface area contributed by atoms with Crippen molar-refractivity contribution >= 4 is 17.7 Å². The van der Waals surface area contributed by atoms with Crippen LogP contribution >= 0.6 is 0 Å². The van der Waals surface area contributed by atoms with E-state index in [0.717, 1.165) is 0 Å². The highest BCUT2D eigenvalue weighted by Crippen LogP contribution is 2.18. The van der Waals surface area contributed by atoms with E-state index in [0.29, 0.717) is 0 Å². The summed E-state index contributed by atoms with van der Waals surface area (Å²) in [5.74, 6) is -0.681. The van der Waals surface area contributed by atoms with Gasteiger partial charge < -0.3 is 15.2 Å². The molecule has 1 heterocycles. The number of amides is 1. The van der Waals surface area contributed by atoms with Gasteiger partial charge in [0.05, 0.1) is 16.7 Å². The highest BCUT2D eigenvalue weighted by molar-refractivity contribution is 5.92. The summed E-state index contributed by atoms with van der Waals surface area (Å²) < 4.78 is 9.65. The molecule has 1 aromatic heterocycles. The highest BCUT2D eigenvalue weighted by Gasteiger charge is 2.11. The lowest BCUT2D eigenvalue weighted by atomic mass is 10.3. The largest absolute Gasteiger partial charge is 0.519 e. The van der Waals surface area contributed by atoms with Crippen molar-refractivity contribution in [3.8, 4) is 11.5 Å². The lowest BCUT2D eigenvalue weighted by Crippen LogP contribution is -2.15. The third-order valence-electron chi connectivity index (χ3n) is 2.45. The number of benzene rings is 1. The van der Waals surface area contributed by atoms with Crippen molar-refractivity contribution in [1.82, 2.24) is 4.98 Å². The molecule has 0 bridgehead atoms. The topological polar surface area (TPSA) is 135 Å². The average Bonchev–Trinajstić information content (AvgIpc) is 2.47. The summed E-state index contributed by atoms with van der Waals surface area (Å²) in [6.45, 7) is 0. The fraction of sp³-hybridized carbons (Fsp3) is 0. The van der Waals surface area contributed by atoms with Crippen LogP contribution in [0.1, 0.15) is 10.4 Å². The third kappa shape index (κ3) is 3.76. The van der Waals surface area contributed by atoms with Crippen molar-refractivity contribution in [2.24, 2.45) is 5.73 Å². The molecule has 0 aliphatic rings. The van der Waals surface area contributed by atoms with Crippen LogP contribution in [0.15, 0.2) is 42.7 Å². The van der Waals surface area contributed by atoms with Crippen LogP contribution in [-0.2, 0) is 0 Å². The number of aromatic nitrogens is 1. The van der Waals surface area contributed by atoms with Gasteiger partial charge in [0.25, 0.3) is 5.69 Å². The number of primary amides is 1. The number of carbonyl (C=O) groups is 2. The molecule has 1 aromatic carbocycles. The summed E-state index contributed by atoms with van der Waals surface area (Å²) in [7, 11) is 0. The van der Waals surface area contributed by atoms with E-state index in [1.54, 1.807) is 0 Å². The second-order valence-corrected chi connectivity index (χ2v) is 3.98. The molecule has 0 atom stereocenters. The van der Waals surface area contributed by atoms with Crippen LogP contribution in [0.4, 0.5) is 10.5 Å². The minimum atomic E-state index is -1.09. The van der Waals surface area contributed by atoms with Crippen LogP contribution in [0.2, 0.25) is 0 Å². The van der Waals surface area contributed by atoms with Crippen molar-refractivity contribution < 1.29 is 24.0 Å². The predicted molar refractivity (Wildman–Crippen MR) is 72.5 cm³/mol. The molecule has 9 heteroatoms. The summed E-state index contributed by atoms with van der Waals surface area (Å²) in [5, 5.41) is 10.5. The first-order valence-electron chi connectivity index (χ1n) is 5.84. The summed E-state index contributed by atoms with van der Waals surface area (Å²) in [6.07, 6.45) is 1.33. The second kappa shape index (κ2) is 6.31. The van der Waals surface area contributed by atoms with Crippen molar-refractivity contribution in [2.75, 3.05) is 0 Å². The van der Waals surface area contributed by atoms with E-state index in [1.165, 1.54) is 42.7 Å². The summed E-state index contributed by atoms with van der Waals surface area (Å²) in [5.41, 5.74) is 5.00. The zero-order chi connectivity index (χ0) is 16.1. The normalized spacial score (nSPS) is 9.82. The number of rotatable bonds is 4. The quantitative estimate of drug-likeness (QED) is 0.392. The van der Waals surface area contributed by atoms with Gasteiger partial charge in [0.15, 0.2) is 5.75 Å². The molecule has 0 unspecified atom stereocenters. The van der Waals surface area contributed by atoms with Crippen LogP contribution in [0.5, 0.6) is 11.5 Å². The minimum absolute atomic E-state index is 0.0248. The molecule has 2 N–H and O–H groups in total. The Morgan fingerprint density at radius 1 is 1.09 bits per heavy atom. The standard InChI is InChI=1S/C13H9N3O6/c14-12(17)8-5-11(7-15-6-8)22-13(18)21-10-3-1-9(2-4-10)16(19)20/h1-7H,(H2,14,17). The van der Waals surface area contributed by atoms with Gasteiger partial charge in [0.2, 0.25) is 5.91 Å². The molecule has 2 aromatic rings. The molecule has 0 aliphatic heterocycles. The lowest BCUT2D eigenvalue weighted by molar-refractivity contribution is -0.384. The van der Waals surface area contributed by atoms with Crippen molar-refractivity contribution in [2.45, 2.75) is 0 Å². The van der Waals surface area contributed by atoms with E-state index < -0.39 is 17.0 Å². The zero-order valence-electron chi connectivity index (χ0n) is 11.0. The Balaban J connectivity index is 2.02. The van der Waals surface area contributed by atoms with E-state index in [-0.39, 0.29) is 22.7 Å². The van der Waals surface area contributed by atoms with E-state index in [2.05, 4.69) is 4.98 Å². The molecule has 0 saturated carbocycles. The fourth-order valence-corrected chi connectivity index (χ4v) is 1.46. The number of pyridine rings is 1. The molecule has 0 aliphatic carbocycles. The Labute approximate surface area is 123 Å². The smallest absolute Gasteiger partial charge is 0.395 e. The third-order valence-corrected chi connectivity index (χ3v) is 2.45. The number of non-ortho nitro benzene ring substituents is 1. The maximum Gasteiger partial charge on any atom is 0.519 e. The average molecular weight is 303 g/mol. The maximum absolute atomic E-state index is 11.6. The summed E-state index contributed by atoms with van der Waals surface area (Å²) in [6, 6.07) is 6.08. The number of hydrogen-bond donors (Lipinski definition) is 1. The van der Waals surface area contributed by atoms with Crippen LogP contribution < -0.4 is 15.2 Å². The van der Waals surface area contributed by atoms with Gasteiger partial charge in [-0.05, 0) is 18.2 Å². The van der Waals surface area contributed by atoms with Gasteiger partial charge in [-0.1, -0.05) is 0 Å². The van der Waals surface area contributed by atoms with Crippen LogP contribution in [0.25, 0.3) is 0 Å². The van der Waals surface area contributed by atoms with E-state index in [1.807, 2.05) is 0 Å². The number of nitro benzene ring substituents is 1. The van der Waals surface area contributed by atoms with Gasteiger partial charge in [-0.15, -0.1) is 0 Å². The first-order chi connectivity index (χ1) is 10.5. The molecule has 0 spiro atoms. The lowest BCUT2D eigenvalue weighted by Gasteiger charge is -2.05. The first-order valence-corrected chi connectivity index (χ1v) is 5.84. The monoisotopic (exact) mass is 303 g/mol. The van der Waals surface area contributed by atoms with Gasteiger partial charge in [0, 0.05) is 18.3 Å². The second-order valence-electron chi connectivity index (χ2n) is 3.98. The molecule has 1 amide bonds. The SMILES string of the molecule is NC(=O)c1cncc(OC(=O)Oc2ccc([N+](=O)[O-])cc2)c1. The number of nitrogens with two attached hydrogens (primary N) is 1. The summed E-state index contributed by atoms with van der Waals surface area (Å²) in [4.78, 5) is 36.1. The van der Waals surface area contributed by atoms with Crippen LogP contribution in [0.3, 0.4) is 0 Å². The number of hydrogen-bond acceptors (Lipinski definition) is 7. The zero-order valence-corrected chi connectivity index (χ0v) is 11.0. The number of nitro groups is 1. The van der Waals surface area contributed by atoms with E-state index in [4.69, 9.17) is 15.2 Å². The molecule has 9 nitrogen and oxygen atoms in total. The molecule has 0 radical (unpaired) electrons. The number of ether oxygens (including phenoxy) is 2. The Bertz CT molecular complexity index is 729. The van der Waals surface area contributed by atoms with Crippen molar-refractivity contribution in [1.29, 1.82) is 0 Å².